The number of hydrogen-bond donors (Lipinski definition) is 0. The Morgan fingerprint density at radius 2 is 2.37 bits per heavy atom. The van der Waals surface area contributed by atoms with Crippen LogP contribution in [0.1, 0.15) is 30.0 Å². The van der Waals surface area contributed by atoms with Crippen LogP contribution in [-0.4, -0.2) is 37.2 Å². The van der Waals surface area contributed by atoms with Crippen molar-refractivity contribution in [3.05, 3.63) is 29.0 Å². The number of carbonyl (C=O) groups is 1. The van der Waals surface area contributed by atoms with Crippen molar-refractivity contribution in [1.82, 2.24) is 24.3 Å². The number of hydrogen-bond acceptors (Lipinski definition) is 5. The average Bonchev–Trinajstić information content (AvgIpc) is 3.03. The molecule has 1 unspecified atom stereocenters. The molecule has 0 saturated heterocycles. The predicted molar refractivity (Wildman–Crippen MR) is 72.7 cm³/mol. The van der Waals surface area contributed by atoms with Crippen LogP contribution in [0, 0.1) is 6.92 Å². The molecular formula is C12H17N5OS. The van der Waals surface area contributed by atoms with Gasteiger partial charge < -0.3 is 4.90 Å². The van der Waals surface area contributed by atoms with Gasteiger partial charge in [0, 0.05) is 19.4 Å². The molecule has 19 heavy (non-hydrogen) atoms. The second-order valence-electron chi connectivity index (χ2n) is 4.39. The minimum absolute atomic E-state index is 0.0546. The zero-order valence-electron chi connectivity index (χ0n) is 11.3. The number of amides is 1. The van der Waals surface area contributed by atoms with E-state index in [9.17, 15) is 4.79 Å². The van der Waals surface area contributed by atoms with E-state index in [0.717, 1.165) is 10.6 Å². The molecule has 0 radical (unpaired) electrons. The van der Waals surface area contributed by atoms with Crippen LogP contribution in [0.15, 0.2) is 18.5 Å². The van der Waals surface area contributed by atoms with Crippen molar-refractivity contribution < 1.29 is 4.79 Å². The number of carbonyl (C=O) groups excluding carboxylic acids is 1. The van der Waals surface area contributed by atoms with Crippen LogP contribution < -0.4 is 0 Å². The molecule has 1 atom stereocenters. The van der Waals surface area contributed by atoms with Gasteiger partial charge in [0.2, 0.25) is 5.91 Å². The van der Waals surface area contributed by atoms with Crippen molar-refractivity contribution >= 4 is 17.4 Å². The highest BCUT2D eigenvalue weighted by Crippen LogP contribution is 2.17. The highest BCUT2D eigenvalue weighted by atomic mass is 32.1. The van der Waals surface area contributed by atoms with E-state index in [1.165, 1.54) is 11.5 Å². The highest BCUT2D eigenvalue weighted by molar-refractivity contribution is 7.05. The molecule has 0 aliphatic heterocycles. The standard InChI is InChI=1S/C12H17N5OS/c1-4-10(17-7-5-6-13-17)12(18)16(3)8-11-9(2)14-15-19-11/h5-7,10H,4,8H2,1-3H3. The van der Waals surface area contributed by atoms with Gasteiger partial charge in [-0.3, -0.25) is 9.48 Å². The summed E-state index contributed by atoms with van der Waals surface area (Å²) in [6, 6.07) is 1.58. The quantitative estimate of drug-likeness (QED) is 0.835. The smallest absolute Gasteiger partial charge is 0.247 e. The van der Waals surface area contributed by atoms with Crippen LogP contribution >= 0.6 is 11.5 Å². The Kier molecular flexibility index (Phi) is 4.26. The molecule has 6 nitrogen and oxygen atoms in total. The van der Waals surface area contributed by atoms with E-state index in [1.807, 2.05) is 26.1 Å². The fourth-order valence-corrected chi connectivity index (χ4v) is 2.57. The van der Waals surface area contributed by atoms with Gasteiger partial charge in [0.05, 0.1) is 17.1 Å². The summed E-state index contributed by atoms with van der Waals surface area (Å²) in [6.45, 7) is 4.43. The highest BCUT2D eigenvalue weighted by Gasteiger charge is 2.23. The third kappa shape index (κ3) is 2.98. The minimum Gasteiger partial charge on any atom is -0.339 e. The van der Waals surface area contributed by atoms with Gasteiger partial charge in [-0.15, -0.1) is 5.10 Å². The van der Waals surface area contributed by atoms with E-state index in [-0.39, 0.29) is 11.9 Å². The van der Waals surface area contributed by atoms with Gasteiger partial charge in [-0.1, -0.05) is 11.4 Å². The average molecular weight is 279 g/mol. The Balaban J connectivity index is 2.08. The van der Waals surface area contributed by atoms with Crippen molar-refractivity contribution in [3.63, 3.8) is 0 Å². The van der Waals surface area contributed by atoms with Gasteiger partial charge in [-0.2, -0.15) is 5.10 Å². The molecule has 0 aromatic carbocycles. The van der Waals surface area contributed by atoms with E-state index in [1.54, 1.807) is 22.8 Å². The Bertz CT molecular complexity index is 536. The summed E-state index contributed by atoms with van der Waals surface area (Å²) in [5.41, 5.74) is 0.886. The lowest BCUT2D eigenvalue weighted by molar-refractivity contribution is -0.134. The third-order valence-electron chi connectivity index (χ3n) is 3.02. The number of rotatable bonds is 5. The minimum atomic E-state index is -0.249. The van der Waals surface area contributed by atoms with Crippen LogP contribution in [0.5, 0.6) is 0 Å². The second-order valence-corrected chi connectivity index (χ2v) is 5.22. The first-order valence-corrected chi connectivity index (χ1v) is 6.92. The van der Waals surface area contributed by atoms with Gasteiger partial charge in [0.25, 0.3) is 0 Å². The first-order chi connectivity index (χ1) is 9.13. The molecule has 2 rings (SSSR count). The summed E-state index contributed by atoms with van der Waals surface area (Å²) in [6.07, 6.45) is 4.22. The van der Waals surface area contributed by atoms with E-state index >= 15 is 0 Å². The lowest BCUT2D eigenvalue weighted by atomic mass is 10.2. The first kappa shape index (κ1) is 13.7. The maximum atomic E-state index is 12.4. The fraction of sp³-hybridized carbons (Fsp3) is 0.500. The monoisotopic (exact) mass is 279 g/mol. The van der Waals surface area contributed by atoms with Crippen LogP contribution in [0.25, 0.3) is 0 Å². The molecule has 0 aliphatic carbocycles. The topological polar surface area (TPSA) is 63.9 Å². The van der Waals surface area contributed by atoms with Crippen LogP contribution in [-0.2, 0) is 11.3 Å². The van der Waals surface area contributed by atoms with Crippen molar-refractivity contribution in [3.8, 4) is 0 Å². The number of nitrogens with zero attached hydrogens (tertiary/aromatic N) is 5. The predicted octanol–water partition coefficient (Wildman–Crippen LogP) is 1.65. The van der Waals surface area contributed by atoms with Crippen molar-refractivity contribution in [2.24, 2.45) is 0 Å². The van der Waals surface area contributed by atoms with Gasteiger partial charge in [0.15, 0.2) is 0 Å². The number of likely N-dealkylation sites (N-methyl/N-ethyl adjacent to an activating group) is 1. The second kappa shape index (κ2) is 5.92. The van der Waals surface area contributed by atoms with Gasteiger partial charge in [-0.25, -0.2) is 0 Å². The Morgan fingerprint density at radius 1 is 1.58 bits per heavy atom. The van der Waals surface area contributed by atoms with E-state index < -0.39 is 0 Å². The van der Waals surface area contributed by atoms with Crippen LogP contribution in [0.4, 0.5) is 0 Å². The number of aryl methyl sites for hydroxylation is 1. The molecule has 2 heterocycles. The lowest BCUT2D eigenvalue weighted by Gasteiger charge is -2.22. The first-order valence-electron chi connectivity index (χ1n) is 6.15. The Labute approximate surface area is 116 Å². The zero-order chi connectivity index (χ0) is 13.8. The van der Waals surface area contributed by atoms with E-state index in [4.69, 9.17) is 0 Å². The number of aromatic nitrogens is 4. The van der Waals surface area contributed by atoms with Crippen LogP contribution in [0.3, 0.4) is 0 Å². The summed E-state index contributed by atoms with van der Waals surface area (Å²) in [5, 5.41) is 8.11. The van der Waals surface area contributed by atoms with Gasteiger partial charge in [0.1, 0.15) is 6.04 Å². The summed E-state index contributed by atoms with van der Waals surface area (Å²) in [4.78, 5) is 15.2. The summed E-state index contributed by atoms with van der Waals surface area (Å²) >= 11 is 1.33. The fourth-order valence-electron chi connectivity index (χ4n) is 1.88. The molecule has 0 fully saturated rings. The molecule has 2 aromatic heterocycles. The normalized spacial score (nSPS) is 12.4. The summed E-state index contributed by atoms with van der Waals surface area (Å²) < 4.78 is 5.59. The maximum Gasteiger partial charge on any atom is 0.247 e. The molecule has 0 bridgehead atoms. The molecule has 0 N–H and O–H groups in total. The van der Waals surface area contributed by atoms with Crippen molar-refractivity contribution in [1.29, 1.82) is 0 Å². The zero-order valence-corrected chi connectivity index (χ0v) is 12.1. The molecule has 0 spiro atoms. The van der Waals surface area contributed by atoms with Crippen LogP contribution in [0.2, 0.25) is 0 Å². The lowest BCUT2D eigenvalue weighted by Crippen LogP contribution is -2.34. The Hall–Kier alpha value is -1.76. The molecular weight excluding hydrogens is 262 g/mol. The largest absolute Gasteiger partial charge is 0.339 e. The molecule has 2 aromatic rings. The van der Waals surface area contributed by atoms with E-state index in [2.05, 4.69) is 14.7 Å². The maximum absolute atomic E-state index is 12.4. The summed E-state index contributed by atoms with van der Waals surface area (Å²) in [5.74, 6) is 0.0546. The third-order valence-corrected chi connectivity index (χ3v) is 3.83. The molecule has 0 aliphatic rings. The molecule has 0 saturated carbocycles. The molecule has 7 heteroatoms. The molecule has 1 amide bonds. The Morgan fingerprint density at radius 3 is 2.89 bits per heavy atom. The van der Waals surface area contributed by atoms with Crippen molar-refractivity contribution in [2.45, 2.75) is 32.9 Å². The SMILES string of the molecule is CCC(C(=O)N(C)Cc1snnc1C)n1cccn1. The van der Waals surface area contributed by atoms with Gasteiger partial charge in [-0.05, 0) is 30.9 Å². The van der Waals surface area contributed by atoms with E-state index in [0.29, 0.717) is 13.0 Å². The van der Waals surface area contributed by atoms with Crippen molar-refractivity contribution in [2.75, 3.05) is 7.05 Å². The van der Waals surface area contributed by atoms with Gasteiger partial charge >= 0.3 is 0 Å². The molecule has 102 valence electrons. The summed E-state index contributed by atoms with van der Waals surface area (Å²) in [7, 11) is 1.80.